The largest absolute Gasteiger partial charge is 0.493 e. The Bertz CT molecular complexity index is 1720. The zero-order chi connectivity index (χ0) is 30.3. The van der Waals surface area contributed by atoms with Crippen molar-refractivity contribution in [2.75, 3.05) is 27.9 Å². The topological polar surface area (TPSA) is 89.3 Å². The van der Waals surface area contributed by atoms with E-state index < -0.39 is 0 Å². The van der Waals surface area contributed by atoms with Crippen molar-refractivity contribution in [3.05, 3.63) is 106 Å². The average Bonchev–Trinajstić information content (AvgIpc) is 3.47. The molecule has 0 aliphatic rings. The third kappa shape index (κ3) is 6.60. The summed E-state index contributed by atoms with van der Waals surface area (Å²) in [6, 6.07) is 23.4. The van der Waals surface area contributed by atoms with E-state index in [1.807, 2.05) is 61.5 Å². The number of rotatable bonds is 12. The molecule has 0 saturated heterocycles. The Balaban J connectivity index is 1.57. The molecule has 5 rings (SSSR count). The van der Waals surface area contributed by atoms with Gasteiger partial charge < -0.3 is 28.1 Å². The van der Waals surface area contributed by atoms with Crippen LogP contribution in [-0.2, 0) is 6.61 Å². The van der Waals surface area contributed by atoms with Crippen molar-refractivity contribution in [3.63, 3.8) is 0 Å². The number of hydrogen-bond acceptors (Lipinski definition) is 8. The maximum absolute atomic E-state index is 14.1. The Kier molecular flexibility index (Phi) is 9.17. The number of ketones is 1. The van der Waals surface area contributed by atoms with E-state index in [0.717, 1.165) is 5.56 Å². The Morgan fingerprint density at radius 1 is 0.837 bits per heavy atom. The van der Waals surface area contributed by atoms with Crippen LogP contribution in [0.25, 0.3) is 22.7 Å². The number of ether oxygens (including phenoxy) is 5. The van der Waals surface area contributed by atoms with Crippen molar-refractivity contribution in [2.45, 2.75) is 13.5 Å². The predicted molar refractivity (Wildman–Crippen MR) is 166 cm³/mol. The summed E-state index contributed by atoms with van der Waals surface area (Å²) in [7, 11) is 4.49. The van der Waals surface area contributed by atoms with Crippen LogP contribution in [0.2, 0.25) is 5.02 Å². The van der Waals surface area contributed by atoms with Gasteiger partial charge in [0.1, 0.15) is 12.1 Å². The van der Waals surface area contributed by atoms with Crippen molar-refractivity contribution in [1.29, 1.82) is 0 Å². The lowest BCUT2D eigenvalue weighted by molar-refractivity contribution is 0.105. The molecule has 0 aliphatic carbocycles. The van der Waals surface area contributed by atoms with Gasteiger partial charge in [0.25, 0.3) is 0 Å². The number of fused-ring (bicyclic) bond motifs is 1. The standard InChI is InChI=1S/C34H30ClNO7/c1-5-41-29-17-22(12-15-28(29)42-20-21-10-13-24(35)14-11-21)16-25(34-36-26-8-6-7-9-27(26)43-34)32(37)23-18-30(38-2)33(40-4)31(19-23)39-3/h6-19H,5,20H2,1-4H3. The van der Waals surface area contributed by atoms with Gasteiger partial charge in [-0.25, -0.2) is 4.98 Å². The van der Waals surface area contributed by atoms with E-state index in [1.165, 1.54) is 21.3 Å². The first kappa shape index (κ1) is 29.5. The first-order chi connectivity index (χ1) is 20.9. The number of nitrogens with zero attached hydrogens (tertiary/aromatic N) is 1. The number of oxazole rings is 1. The molecular weight excluding hydrogens is 570 g/mol. The molecule has 1 aromatic heterocycles. The van der Waals surface area contributed by atoms with Crippen LogP contribution >= 0.6 is 11.6 Å². The summed E-state index contributed by atoms with van der Waals surface area (Å²) in [4.78, 5) is 18.7. The third-order valence-corrected chi connectivity index (χ3v) is 6.83. The van der Waals surface area contributed by atoms with Crippen LogP contribution in [0.3, 0.4) is 0 Å². The van der Waals surface area contributed by atoms with E-state index >= 15 is 0 Å². The van der Waals surface area contributed by atoms with Gasteiger partial charge in [0, 0.05) is 10.6 Å². The first-order valence-corrected chi connectivity index (χ1v) is 13.9. The minimum absolute atomic E-state index is 0.168. The molecule has 0 amide bonds. The van der Waals surface area contributed by atoms with Crippen molar-refractivity contribution in [3.8, 4) is 28.7 Å². The number of aromatic nitrogens is 1. The molecule has 0 N–H and O–H groups in total. The Hall–Kier alpha value is -4.95. The summed E-state index contributed by atoms with van der Waals surface area (Å²) in [6.45, 7) is 2.65. The number of Topliss-reactive ketones (excluding diaryl/α,β-unsaturated/α-hetero) is 1. The summed E-state index contributed by atoms with van der Waals surface area (Å²) in [6.07, 6.45) is 1.71. The van der Waals surface area contributed by atoms with Gasteiger partial charge in [-0.2, -0.15) is 0 Å². The molecular formula is C34H30ClNO7. The molecule has 0 spiro atoms. The lowest BCUT2D eigenvalue weighted by Gasteiger charge is -2.14. The minimum Gasteiger partial charge on any atom is -0.493 e. The van der Waals surface area contributed by atoms with E-state index in [2.05, 4.69) is 4.98 Å². The molecule has 43 heavy (non-hydrogen) atoms. The minimum atomic E-state index is -0.355. The fraction of sp³-hybridized carbons (Fsp3) is 0.176. The molecule has 0 bridgehead atoms. The van der Waals surface area contributed by atoms with Gasteiger partial charge in [-0.1, -0.05) is 41.9 Å². The molecule has 4 aromatic carbocycles. The zero-order valence-electron chi connectivity index (χ0n) is 24.2. The summed E-state index contributed by atoms with van der Waals surface area (Å²) in [5.74, 6) is 1.99. The second-order valence-electron chi connectivity index (χ2n) is 9.34. The van der Waals surface area contributed by atoms with Gasteiger partial charge in [-0.05, 0) is 72.7 Å². The Morgan fingerprint density at radius 3 is 2.21 bits per heavy atom. The highest BCUT2D eigenvalue weighted by Crippen LogP contribution is 2.40. The van der Waals surface area contributed by atoms with Crippen LogP contribution in [0.4, 0.5) is 0 Å². The lowest BCUT2D eigenvalue weighted by atomic mass is 9.99. The Morgan fingerprint density at radius 2 is 1.56 bits per heavy atom. The molecule has 0 radical (unpaired) electrons. The predicted octanol–water partition coefficient (Wildman–Crippen LogP) is 7.91. The molecule has 220 valence electrons. The molecule has 1 heterocycles. The van der Waals surface area contributed by atoms with E-state index in [9.17, 15) is 4.79 Å². The van der Waals surface area contributed by atoms with Crippen LogP contribution in [0, 0.1) is 0 Å². The highest BCUT2D eigenvalue weighted by atomic mass is 35.5. The number of hydrogen-bond donors (Lipinski definition) is 0. The summed E-state index contributed by atoms with van der Waals surface area (Å²) in [5.41, 5.74) is 3.35. The number of carbonyl (C=O) groups excluding carboxylic acids is 1. The number of benzene rings is 4. The van der Waals surface area contributed by atoms with Crippen molar-refractivity contribution >= 4 is 40.1 Å². The quantitative estimate of drug-likeness (QED) is 0.106. The number of carbonyl (C=O) groups is 1. The zero-order valence-corrected chi connectivity index (χ0v) is 24.9. The normalized spacial score (nSPS) is 11.3. The van der Waals surface area contributed by atoms with Crippen LogP contribution in [0.15, 0.2) is 83.3 Å². The highest BCUT2D eigenvalue weighted by molar-refractivity contribution is 6.32. The van der Waals surface area contributed by atoms with E-state index in [4.69, 9.17) is 39.7 Å². The molecule has 0 atom stereocenters. The second kappa shape index (κ2) is 13.4. The Labute approximate surface area is 254 Å². The van der Waals surface area contributed by atoms with Crippen LogP contribution in [-0.4, -0.2) is 38.7 Å². The monoisotopic (exact) mass is 599 g/mol. The van der Waals surface area contributed by atoms with Gasteiger partial charge in [0.05, 0.1) is 33.5 Å². The number of methoxy groups -OCH3 is 3. The maximum atomic E-state index is 14.1. The molecule has 5 aromatic rings. The van der Waals surface area contributed by atoms with Gasteiger partial charge in [0.15, 0.2) is 34.4 Å². The summed E-state index contributed by atoms with van der Waals surface area (Å²) < 4.78 is 34.4. The molecule has 9 heteroatoms. The fourth-order valence-corrected chi connectivity index (χ4v) is 4.62. The van der Waals surface area contributed by atoms with Crippen LogP contribution in [0.5, 0.6) is 28.7 Å². The molecule has 8 nitrogen and oxygen atoms in total. The van der Waals surface area contributed by atoms with Crippen LogP contribution < -0.4 is 23.7 Å². The van der Waals surface area contributed by atoms with Gasteiger partial charge in [-0.15, -0.1) is 0 Å². The summed E-state index contributed by atoms with van der Waals surface area (Å²) in [5, 5.41) is 0.658. The SMILES string of the molecule is CCOc1cc(C=C(C(=O)c2cc(OC)c(OC)c(OC)c2)c2nc3ccccc3o2)ccc1OCc1ccc(Cl)cc1. The molecule has 0 aliphatic heterocycles. The van der Waals surface area contributed by atoms with Gasteiger partial charge in [-0.3, -0.25) is 4.79 Å². The molecule has 0 saturated carbocycles. The van der Waals surface area contributed by atoms with E-state index in [1.54, 1.807) is 30.3 Å². The van der Waals surface area contributed by atoms with E-state index in [0.29, 0.717) is 69.2 Å². The fourth-order valence-electron chi connectivity index (χ4n) is 4.49. The van der Waals surface area contributed by atoms with Crippen molar-refractivity contribution in [1.82, 2.24) is 4.98 Å². The highest BCUT2D eigenvalue weighted by Gasteiger charge is 2.24. The second-order valence-corrected chi connectivity index (χ2v) is 9.78. The first-order valence-electron chi connectivity index (χ1n) is 13.5. The maximum Gasteiger partial charge on any atom is 0.231 e. The van der Waals surface area contributed by atoms with Crippen molar-refractivity contribution < 1.29 is 32.9 Å². The summed E-state index contributed by atoms with van der Waals surface area (Å²) >= 11 is 6.01. The van der Waals surface area contributed by atoms with E-state index in [-0.39, 0.29) is 17.2 Å². The van der Waals surface area contributed by atoms with Crippen molar-refractivity contribution in [2.24, 2.45) is 0 Å². The number of allylic oxidation sites excluding steroid dienone is 1. The van der Waals surface area contributed by atoms with Gasteiger partial charge >= 0.3 is 0 Å². The molecule has 0 unspecified atom stereocenters. The van der Waals surface area contributed by atoms with Gasteiger partial charge in [0.2, 0.25) is 11.6 Å². The lowest BCUT2D eigenvalue weighted by Crippen LogP contribution is -2.06. The number of para-hydroxylation sites is 2. The number of halogens is 1. The van der Waals surface area contributed by atoms with Crippen LogP contribution in [0.1, 0.15) is 34.3 Å². The smallest absolute Gasteiger partial charge is 0.231 e. The third-order valence-electron chi connectivity index (χ3n) is 6.58. The molecule has 0 fully saturated rings. The average molecular weight is 600 g/mol.